The van der Waals surface area contributed by atoms with E-state index >= 15 is 0 Å². The molecule has 1 nitrogen and oxygen atoms in total. The molecular weight excluding hydrogens is 449 g/mol. The van der Waals surface area contributed by atoms with Gasteiger partial charge in [-0.15, -0.1) is 0 Å². The smallest absolute Gasteiger partial charge is 0.316 e. The summed E-state index contributed by atoms with van der Waals surface area (Å²) >= 11 is 0. The Kier molecular flexibility index (Phi) is 7.88. The van der Waals surface area contributed by atoms with Crippen molar-refractivity contribution < 1.29 is 35.5 Å². The molecule has 1 aliphatic carbocycles. The van der Waals surface area contributed by atoms with Crippen molar-refractivity contribution >= 4 is 0 Å². The van der Waals surface area contributed by atoms with E-state index in [2.05, 4.69) is 10.8 Å². The fraction of sp³-hybridized carbons (Fsp3) is 0.440. The summed E-state index contributed by atoms with van der Waals surface area (Å²) in [5.74, 6) is -2.70. The van der Waals surface area contributed by atoms with Gasteiger partial charge in [0.2, 0.25) is 0 Å². The average Bonchev–Trinajstić information content (AvgIpc) is 2.73. The van der Waals surface area contributed by atoms with Gasteiger partial charge in [0.1, 0.15) is 17.2 Å². The highest BCUT2D eigenvalue weighted by atomic mass is 19.4. The maximum atomic E-state index is 14.4. The fourth-order valence-corrected chi connectivity index (χ4v) is 4.29. The minimum atomic E-state index is -5.19. The third-order valence-corrected chi connectivity index (χ3v) is 6.01. The molecule has 0 heterocycles. The topological polar surface area (TPSA) is 9.23 Å². The number of rotatable bonds is 7. The first-order chi connectivity index (χ1) is 15.5. The summed E-state index contributed by atoms with van der Waals surface area (Å²) in [7, 11) is 0. The number of allylic oxidation sites excluding steroid dienone is 2. The Balaban J connectivity index is 1.58. The third-order valence-electron chi connectivity index (χ3n) is 6.01. The van der Waals surface area contributed by atoms with Crippen LogP contribution >= 0.6 is 0 Å². The zero-order valence-electron chi connectivity index (χ0n) is 18.1. The van der Waals surface area contributed by atoms with Crippen LogP contribution in [-0.4, -0.2) is 6.61 Å². The summed E-state index contributed by atoms with van der Waals surface area (Å²) in [4.78, 5) is 0. The SMILES string of the molecule is C/C=C/C1CCC(c2ccc(C(F)(F)OCCc3cc(F)c(C(F)(F)F)c(F)c3)cc2)CC1. The molecule has 1 fully saturated rings. The van der Waals surface area contributed by atoms with E-state index in [0.29, 0.717) is 24.0 Å². The first-order valence-electron chi connectivity index (χ1n) is 10.8. The van der Waals surface area contributed by atoms with Crippen LogP contribution in [0.3, 0.4) is 0 Å². The second kappa shape index (κ2) is 10.3. The molecule has 2 aromatic rings. The van der Waals surface area contributed by atoms with Crippen LogP contribution < -0.4 is 0 Å². The molecule has 0 amide bonds. The monoisotopic (exact) mass is 474 g/mol. The van der Waals surface area contributed by atoms with Crippen LogP contribution in [0.1, 0.15) is 60.8 Å². The molecule has 0 saturated heterocycles. The summed E-state index contributed by atoms with van der Waals surface area (Å²) in [6, 6.07) is 6.87. The highest BCUT2D eigenvalue weighted by molar-refractivity contribution is 5.29. The van der Waals surface area contributed by atoms with E-state index in [1.54, 1.807) is 12.1 Å². The predicted octanol–water partition coefficient (Wildman–Crippen LogP) is 8.14. The van der Waals surface area contributed by atoms with E-state index in [1.165, 1.54) is 12.1 Å². The van der Waals surface area contributed by atoms with E-state index < -0.39 is 36.1 Å². The molecule has 0 unspecified atom stereocenters. The number of hydrogen-bond donors (Lipinski definition) is 0. The van der Waals surface area contributed by atoms with Gasteiger partial charge < -0.3 is 4.74 Å². The van der Waals surface area contributed by atoms with Crippen molar-refractivity contribution in [1.82, 2.24) is 0 Å². The van der Waals surface area contributed by atoms with Crippen molar-refractivity contribution in [2.24, 2.45) is 5.92 Å². The first kappa shape index (κ1) is 25.3. The lowest BCUT2D eigenvalue weighted by Crippen LogP contribution is -2.20. The van der Waals surface area contributed by atoms with Gasteiger partial charge in [0.15, 0.2) is 0 Å². The van der Waals surface area contributed by atoms with Crippen LogP contribution in [0.25, 0.3) is 0 Å². The zero-order chi connectivity index (χ0) is 24.2. The van der Waals surface area contributed by atoms with E-state index in [-0.39, 0.29) is 17.5 Å². The lowest BCUT2D eigenvalue weighted by atomic mass is 9.78. The van der Waals surface area contributed by atoms with Crippen molar-refractivity contribution in [1.29, 1.82) is 0 Å². The van der Waals surface area contributed by atoms with E-state index in [4.69, 9.17) is 0 Å². The normalized spacial score (nSPS) is 19.9. The molecule has 2 aromatic carbocycles. The van der Waals surface area contributed by atoms with Crippen molar-refractivity contribution in [3.63, 3.8) is 0 Å². The van der Waals surface area contributed by atoms with Crippen molar-refractivity contribution in [3.05, 3.63) is 82.4 Å². The molecule has 33 heavy (non-hydrogen) atoms. The molecular formula is C25H25F7O. The van der Waals surface area contributed by atoms with Gasteiger partial charge in [0, 0.05) is 0 Å². The van der Waals surface area contributed by atoms with Crippen LogP contribution in [0, 0.1) is 17.6 Å². The van der Waals surface area contributed by atoms with Gasteiger partial charge in [-0.05, 0) is 74.1 Å². The zero-order valence-corrected chi connectivity index (χ0v) is 18.1. The van der Waals surface area contributed by atoms with Crippen LogP contribution in [0.15, 0.2) is 48.6 Å². The molecule has 0 atom stereocenters. The lowest BCUT2D eigenvalue weighted by Gasteiger charge is -2.27. The van der Waals surface area contributed by atoms with Crippen LogP contribution in [0.5, 0.6) is 0 Å². The van der Waals surface area contributed by atoms with Gasteiger partial charge >= 0.3 is 12.3 Å². The Morgan fingerprint density at radius 2 is 1.48 bits per heavy atom. The maximum Gasteiger partial charge on any atom is 0.422 e. The third kappa shape index (κ3) is 6.37. The predicted molar refractivity (Wildman–Crippen MR) is 111 cm³/mol. The van der Waals surface area contributed by atoms with Gasteiger partial charge in [-0.1, -0.05) is 36.4 Å². The highest BCUT2D eigenvalue weighted by Gasteiger charge is 2.38. The largest absolute Gasteiger partial charge is 0.422 e. The number of hydrogen-bond acceptors (Lipinski definition) is 1. The molecule has 0 spiro atoms. The Labute approximate surface area is 188 Å². The molecule has 0 bridgehead atoms. The Bertz CT molecular complexity index is 933. The molecule has 0 radical (unpaired) electrons. The minimum absolute atomic E-state index is 0.210. The summed E-state index contributed by atoms with van der Waals surface area (Å²) in [6.07, 6.45) is -0.878. The molecule has 0 N–H and O–H groups in total. The molecule has 1 saturated carbocycles. The number of halogens is 7. The Morgan fingerprint density at radius 3 is 2.00 bits per heavy atom. The van der Waals surface area contributed by atoms with E-state index in [0.717, 1.165) is 31.2 Å². The Hall–Kier alpha value is -2.35. The number of benzene rings is 2. The lowest BCUT2D eigenvalue weighted by molar-refractivity contribution is -0.248. The van der Waals surface area contributed by atoms with Crippen LogP contribution in [-0.2, 0) is 23.4 Å². The quantitative estimate of drug-likeness (QED) is 0.291. The van der Waals surface area contributed by atoms with E-state index in [9.17, 15) is 30.7 Å². The highest BCUT2D eigenvalue weighted by Crippen LogP contribution is 2.38. The number of ether oxygens (including phenoxy) is 1. The molecule has 8 heteroatoms. The average molecular weight is 474 g/mol. The molecule has 180 valence electrons. The van der Waals surface area contributed by atoms with Crippen LogP contribution in [0.2, 0.25) is 0 Å². The van der Waals surface area contributed by atoms with Crippen LogP contribution in [0.4, 0.5) is 30.7 Å². The van der Waals surface area contributed by atoms with Crippen molar-refractivity contribution in [2.75, 3.05) is 6.61 Å². The minimum Gasteiger partial charge on any atom is -0.316 e. The summed E-state index contributed by atoms with van der Waals surface area (Å²) < 4.78 is 98.6. The molecule has 0 aromatic heterocycles. The van der Waals surface area contributed by atoms with Gasteiger partial charge in [0.05, 0.1) is 12.2 Å². The Morgan fingerprint density at radius 1 is 0.909 bits per heavy atom. The molecule has 1 aliphatic rings. The fourth-order valence-electron chi connectivity index (χ4n) is 4.29. The molecule has 3 rings (SSSR count). The molecule has 0 aliphatic heterocycles. The second-order valence-corrected chi connectivity index (χ2v) is 8.31. The van der Waals surface area contributed by atoms with Gasteiger partial charge in [0.25, 0.3) is 0 Å². The van der Waals surface area contributed by atoms with Gasteiger partial charge in [-0.2, -0.15) is 22.0 Å². The van der Waals surface area contributed by atoms with Gasteiger partial charge in [-0.25, -0.2) is 8.78 Å². The van der Waals surface area contributed by atoms with Gasteiger partial charge in [-0.3, -0.25) is 0 Å². The summed E-state index contributed by atoms with van der Waals surface area (Å²) in [6.45, 7) is 1.36. The summed E-state index contributed by atoms with van der Waals surface area (Å²) in [5, 5.41) is 0. The standard InChI is InChI=1S/C25H25F7O/c1-2-3-16-4-6-18(7-5-16)19-8-10-20(11-9-19)25(31,32)33-13-12-17-14-21(26)23(22(27)15-17)24(28,29)30/h2-3,8-11,14-16,18H,4-7,12-13H2,1H3/b3-2+. The second-order valence-electron chi connectivity index (χ2n) is 8.31. The maximum absolute atomic E-state index is 14.4. The first-order valence-corrected chi connectivity index (χ1v) is 10.8. The van der Waals surface area contributed by atoms with Crippen molar-refractivity contribution in [3.8, 4) is 0 Å². The van der Waals surface area contributed by atoms with E-state index in [1.807, 2.05) is 13.0 Å². The summed E-state index contributed by atoms with van der Waals surface area (Å²) in [5.41, 5.74) is -1.59. The van der Waals surface area contributed by atoms with Crippen molar-refractivity contribution in [2.45, 2.75) is 57.2 Å². The number of alkyl halides is 5.